The molecular formula is C21H27N5O2. The molecule has 0 radical (unpaired) electrons. The molecule has 1 saturated heterocycles. The lowest BCUT2D eigenvalue weighted by Gasteiger charge is -2.24. The SMILES string of the molecule is CC(=O)NCCn1nc([C@H]2CCN(C(=O)[C@H]3CC=CCC3)C2)c2cccnc21. The van der Waals surface area contributed by atoms with Gasteiger partial charge in [-0.2, -0.15) is 5.10 Å². The molecule has 28 heavy (non-hydrogen) atoms. The monoisotopic (exact) mass is 381 g/mol. The first-order valence-corrected chi connectivity index (χ1v) is 10.1. The Morgan fingerprint density at radius 2 is 2.18 bits per heavy atom. The van der Waals surface area contributed by atoms with Crippen LogP contribution >= 0.6 is 0 Å². The van der Waals surface area contributed by atoms with E-state index in [0.717, 1.165) is 55.5 Å². The first-order chi connectivity index (χ1) is 13.6. The summed E-state index contributed by atoms with van der Waals surface area (Å²) in [6.45, 7) is 4.14. The molecule has 0 saturated carbocycles. The zero-order valence-electron chi connectivity index (χ0n) is 16.3. The summed E-state index contributed by atoms with van der Waals surface area (Å²) in [6, 6.07) is 3.98. The van der Waals surface area contributed by atoms with Gasteiger partial charge in [-0.3, -0.25) is 9.59 Å². The Morgan fingerprint density at radius 1 is 1.29 bits per heavy atom. The zero-order valence-corrected chi connectivity index (χ0v) is 16.3. The van der Waals surface area contributed by atoms with Crippen LogP contribution < -0.4 is 5.32 Å². The summed E-state index contributed by atoms with van der Waals surface area (Å²) < 4.78 is 1.87. The molecule has 2 aliphatic rings. The van der Waals surface area contributed by atoms with Crippen molar-refractivity contribution in [3.63, 3.8) is 0 Å². The number of aromatic nitrogens is 3. The Hall–Kier alpha value is -2.70. The van der Waals surface area contributed by atoms with Gasteiger partial charge in [0.2, 0.25) is 11.8 Å². The van der Waals surface area contributed by atoms with Crippen LogP contribution in [0.2, 0.25) is 0 Å². The molecular weight excluding hydrogens is 354 g/mol. The number of fused-ring (bicyclic) bond motifs is 1. The van der Waals surface area contributed by atoms with E-state index < -0.39 is 0 Å². The van der Waals surface area contributed by atoms with E-state index in [1.165, 1.54) is 6.92 Å². The Bertz CT molecular complexity index is 903. The number of nitrogens with one attached hydrogen (secondary N) is 1. The van der Waals surface area contributed by atoms with Crippen molar-refractivity contribution in [2.75, 3.05) is 19.6 Å². The Morgan fingerprint density at radius 3 is 2.96 bits per heavy atom. The first-order valence-electron chi connectivity index (χ1n) is 10.1. The number of pyridine rings is 1. The normalized spacial score (nSPS) is 22.0. The quantitative estimate of drug-likeness (QED) is 0.806. The van der Waals surface area contributed by atoms with Gasteiger partial charge in [-0.25, -0.2) is 9.67 Å². The van der Waals surface area contributed by atoms with Crippen LogP contribution in [-0.4, -0.2) is 51.1 Å². The predicted molar refractivity (Wildman–Crippen MR) is 107 cm³/mol. The molecule has 2 atom stereocenters. The highest BCUT2D eigenvalue weighted by Gasteiger charge is 2.33. The van der Waals surface area contributed by atoms with Crippen molar-refractivity contribution in [3.8, 4) is 0 Å². The van der Waals surface area contributed by atoms with Crippen LogP contribution in [0.15, 0.2) is 30.5 Å². The van der Waals surface area contributed by atoms with Crippen molar-refractivity contribution in [2.45, 2.75) is 45.1 Å². The van der Waals surface area contributed by atoms with Gasteiger partial charge in [-0.05, 0) is 37.8 Å². The molecule has 7 heteroatoms. The Balaban J connectivity index is 1.50. The summed E-state index contributed by atoms with van der Waals surface area (Å²) in [5, 5.41) is 8.68. The predicted octanol–water partition coefficient (Wildman–Crippen LogP) is 2.24. The molecule has 2 aromatic rings. The minimum absolute atomic E-state index is 0.0489. The smallest absolute Gasteiger partial charge is 0.226 e. The molecule has 1 aliphatic carbocycles. The molecule has 0 unspecified atom stereocenters. The topological polar surface area (TPSA) is 80.1 Å². The number of nitrogens with zero attached hydrogens (tertiary/aromatic N) is 4. The van der Waals surface area contributed by atoms with Gasteiger partial charge in [0.15, 0.2) is 5.65 Å². The molecule has 2 aromatic heterocycles. The van der Waals surface area contributed by atoms with Crippen molar-refractivity contribution < 1.29 is 9.59 Å². The van der Waals surface area contributed by atoms with E-state index in [1.54, 1.807) is 6.20 Å². The number of allylic oxidation sites excluding steroid dienone is 2. The molecule has 3 heterocycles. The average Bonchev–Trinajstić information content (AvgIpc) is 3.33. The van der Waals surface area contributed by atoms with Crippen LogP contribution in [0, 0.1) is 5.92 Å². The van der Waals surface area contributed by atoms with E-state index in [0.29, 0.717) is 19.0 Å². The average molecular weight is 381 g/mol. The van der Waals surface area contributed by atoms with Gasteiger partial charge < -0.3 is 10.2 Å². The van der Waals surface area contributed by atoms with E-state index in [4.69, 9.17) is 5.10 Å². The highest BCUT2D eigenvalue weighted by Crippen LogP contribution is 2.33. The molecule has 4 rings (SSSR count). The molecule has 1 fully saturated rings. The summed E-state index contributed by atoms with van der Waals surface area (Å²) >= 11 is 0. The second-order valence-corrected chi connectivity index (χ2v) is 7.72. The van der Waals surface area contributed by atoms with Gasteiger partial charge in [-0.15, -0.1) is 0 Å². The van der Waals surface area contributed by atoms with Gasteiger partial charge in [0.05, 0.1) is 12.2 Å². The highest BCUT2D eigenvalue weighted by atomic mass is 16.2. The van der Waals surface area contributed by atoms with Crippen molar-refractivity contribution in [1.82, 2.24) is 25.0 Å². The molecule has 2 amide bonds. The first kappa shape index (κ1) is 18.7. The number of likely N-dealkylation sites (tertiary alicyclic amines) is 1. The minimum Gasteiger partial charge on any atom is -0.354 e. The number of hydrogen-bond acceptors (Lipinski definition) is 4. The van der Waals surface area contributed by atoms with Crippen LogP contribution in [0.3, 0.4) is 0 Å². The molecule has 0 aromatic carbocycles. The lowest BCUT2D eigenvalue weighted by atomic mass is 9.93. The van der Waals surface area contributed by atoms with Crippen LogP contribution in [0.1, 0.15) is 44.2 Å². The fourth-order valence-electron chi connectivity index (χ4n) is 4.29. The third kappa shape index (κ3) is 3.79. The zero-order chi connectivity index (χ0) is 19.5. The van der Waals surface area contributed by atoms with Crippen molar-refractivity contribution in [2.24, 2.45) is 5.92 Å². The second-order valence-electron chi connectivity index (χ2n) is 7.72. The van der Waals surface area contributed by atoms with Gasteiger partial charge in [0.1, 0.15) is 0 Å². The number of hydrogen-bond donors (Lipinski definition) is 1. The third-order valence-corrected chi connectivity index (χ3v) is 5.74. The number of carbonyl (C=O) groups is 2. The lowest BCUT2D eigenvalue weighted by Crippen LogP contribution is -2.34. The maximum Gasteiger partial charge on any atom is 0.226 e. The highest BCUT2D eigenvalue weighted by molar-refractivity contribution is 5.81. The van der Waals surface area contributed by atoms with E-state index >= 15 is 0 Å². The van der Waals surface area contributed by atoms with Gasteiger partial charge >= 0.3 is 0 Å². The summed E-state index contributed by atoms with van der Waals surface area (Å²) in [4.78, 5) is 30.5. The van der Waals surface area contributed by atoms with Crippen molar-refractivity contribution in [3.05, 3.63) is 36.2 Å². The summed E-state index contributed by atoms with van der Waals surface area (Å²) in [5.74, 6) is 0.612. The van der Waals surface area contributed by atoms with E-state index in [2.05, 4.69) is 28.5 Å². The number of amides is 2. The maximum absolute atomic E-state index is 12.9. The molecule has 0 bridgehead atoms. The molecule has 1 N–H and O–H groups in total. The van der Waals surface area contributed by atoms with E-state index in [-0.39, 0.29) is 17.7 Å². The standard InChI is InChI=1S/C21H27N5O2/c1-15(27)22-11-13-26-20-18(8-5-10-23-20)19(24-26)17-9-12-25(14-17)21(28)16-6-3-2-4-7-16/h2-3,5,8,10,16-17H,4,6-7,9,11-14H2,1H3,(H,22,27)/t16-,17-/m0/s1. The van der Waals surface area contributed by atoms with Crippen LogP contribution in [0.5, 0.6) is 0 Å². The Kier molecular flexibility index (Phi) is 5.41. The molecule has 148 valence electrons. The summed E-state index contributed by atoms with van der Waals surface area (Å²) in [7, 11) is 0. The largest absolute Gasteiger partial charge is 0.354 e. The number of rotatable bonds is 5. The Labute approximate surface area is 164 Å². The van der Waals surface area contributed by atoms with Crippen LogP contribution in [0.4, 0.5) is 0 Å². The van der Waals surface area contributed by atoms with E-state index in [9.17, 15) is 9.59 Å². The minimum atomic E-state index is -0.0489. The molecule has 7 nitrogen and oxygen atoms in total. The van der Waals surface area contributed by atoms with Gasteiger partial charge in [0, 0.05) is 50.0 Å². The van der Waals surface area contributed by atoms with Crippen LogP contribution in [0.25, 0.3) is 11.0 Å². The fraction of sp³-hybridized carbons (Fsp3) is 0.524. The van der Waals surface area contributed by atoms with Gasteiger partial charge in [0.25, 0.3) is 0 Å². The third-order valence-electron chi connectivity index (χ3n) is 5.74. The van der Waals surface area contributed by atoms with Crippen LogP contribution in [-0.2, 0) is 16.1 Å². The summed E-state index contributed by atoms with van der Waals surface area (Å²) in [6.07, 6.45) is 9.83. The fourth-order valence-corrected chi connectivity index (χ4v) is 4.29. The van der Waals surface area contributed by atoms with Crippen molar-refractivity contribution >= 4 is 22.8 Å². The lowest BCUT2D eigenvalue weighted by molar-refractivity contribution is -0.134. The molecule has 0 spiro atoms. The number of carbonyl (C=O) groups excluding carboxylic acids is 2. The summed E-state index contributed by atoms with van der Waals surface area (Å²) in [5.41, 5.74) is 1.86. The van der Waals surface area contributed by atoms with Gasteiger partial charge in [-0.1, -0.05) is 12.2 Å². The molecule has 1 aliphatic heterocycles. The maximum atomic E-state index is 12.9. The second kappa shape index (κ2) is 8.12. The van der Waals surface area contributed by atoms with Crippen molar-refractivity contribution in [1.29, 1.82) is 0 Å². The van der Waals surface area contributed by atoms with E-state index in [1.807, 2.05) is 15.6 Å².